The van der Waals surface area contributed by atoms with Crippen molar-refractivity contribution in [2.45, 2.75) is 134 Å². The maximum atomic E-state index is 10.6. The number of unbranched alkanes of at least 4 members (excludes halogenated alkanes) is 8. The zero-order valence-corrected chi connectivity index (χ0v) is 20.3. The van der Waals surface area contributed by atoms with Crippen molar-refractivity contribution >= 4 is 5.97 Å². The molecule has 3 atom stereocenters. The Morgan fingerprint density at radius 3 is 1.37 bits per heavy atom. The summed E-state index contributed by atoms with van der Waals surface area (Å²) in [5.41, 5.74) is 0. The molecule has 0 bridgehead atoms. The average Bonchev–Trinajstić information content (AvgIpc) is 2.74. The van der Waals surface area contributed by atoms with Crippen molar-refractivity contribution in [1.29, 1.82) is 0 Å². The standard InChI is InChI=1S/C25H50O5/c1-5-6-7-8-9-10-12-15-22(28-2)18-20-24(30-4)21-19-23(29-3)16-13-11-14-17-25(26)27/h22-24H,5-21H2,1-4H3,(H,26,27). The number of carbonyl (C=O) groups is 1. The molecule has 0 fully saturated rings. The minimum Gasteiger partial charge on any atom is -0.481 e. The summed E-state index contributed by atoms with van der Waals surface area (Å²) >= 11 is 0. The van der Waals surface area contributed by atoms with Gasteiger partial charge in [-0.3, -0.25) is 4.79 Å². The van der Waals surface area contributed by atoms with Crippen molar-refractivity contribution in [1.82, 2.24) is 0 Å². The smallest absolute Gasteiger partial charge is 0.303 e. The van der Waals surface area contributed by atoms with Gasteiger partial charge in [-0.1, -0.05) is 64.7 Å². The molecule has 0 aromatic heterocycles. The highest BCUT2D eigenvalue weighted by Gasteiger charge is 2.16. The van der Waals surface area contributed by atoms with E-state index in [4.69, 9.17) is 19.3 Å². The van der Waals surface area contributed by atoms with Gasteiger partial charge in [-0.2, -0.15) is 0 Å². The largest absolute Gasteiger partial charge is 0.481 e. The lowest BCUT2D eigenvalue weighted by Crippen LogP contribution is -2.20. The Hall–Kier alpha value is -0.650. The zero-order valence-electron chi connectivity index (χ0n) is 20.3. The summed E-state index contributed by atoms with van der Waals surface area (Å²) in [7, 11) is 5.41. The Kier molecular flexibility index (Phi) is 21.1. The molecule has 1 N–H and O–H groups in total. The molecular weight excluding hydrogens is 380 g/mol. The van der Waals surface area contributed by atoms with Crippen molar-refractivity contribution in [3.8, 4) is 0 Å². The van der Waals surface area contributed by atoms with Gasteiger partial charge in [0.25, 0.3) is 0 Å². The van der Waals surface area contributed by atoms with Crippen LogP contribution in [-0.2, 0) is 19.0 Å². The normalized spacial score (nSPS) is 14.5. The van der Waals surface area contributed by atoms with Gasteiger partial charge in [0.1, 0.15) is 0 Å². The topological polar surface area (TPSA) is 65.0 Å². The molecule has 3 unspecified atom stereocenters. The Balaban J connectivity index is 3.94. The molecule has 0 amide bonds. The second kappa shape index (κ2) is 21.6. The van der Waals surface area contributed by atoms with E-state index in [1.807, 2.05) is 7.11 Å². The first kappa shape index (κ1) is 29.4. The summed E-state index contributed by atoms with van der Waals surface area (Å²) in [6.45, 7) is 2.26. The van der Waals surface area contributed by atoms with E-state index in [2.05, 4.69) is 6.92 Å². The lowest BCUT2D eigenvalue weighted by atomic mass is 9.98. The minimum atomic E-state index is -0.706. The highest BCUT2D eigenvalue weighted by atomic mass is 16.5. The molecule has 30 heavy (non-hydrogen) atoms. The van der Waals surface area contributed by atoms with E-state index < -0.39 is 5.97 Å². The van der Waals surface area contributed by atoms with Gasteiger partial charge in [0, 0.05) is 27.8 Å². The van der Waals surface area contributed by atoms with E-state index in [1.54, 1.807) is 14.2 Å². The van der Waals surface area contributed by atoms with Crippen LogP contribution in [0, 0.1) is 0 Å². The predicted octanol–water partition coefficient (Wildman–Crippen LogP) is 6.77. The van der Waals surface area contributed by atoms with Gasteiger partial charge < -0.3 is 19.3 Å². The first-order chi connectivity index (χ1) is 14.6. The van der Waals surface area contributed by atoms with Gasteiger partial charge in [-0.05, 0) is 44.9 Å². The number of carboxylic acids is 1. The van der Waals surface area contributed by atoms with Gasteiger partial charge in [0.05, 0.1) is 18.3 Å². The molecular formula is C25H50O5. The van der Waals surface area contributed by atoms with Crippen molar-refractivity contribution in [2.24, 2.45) is 0 Å². The first-order valence-corrected chi connectivity index (χ1v) is 12.4. The van der Waals surface area contributed by atoms with E-state index >= 15 is 0 Å². The molecule has 0 heterocycles. The van der Waals surface area contributed by atoms with Crippen LogP contribution in [0.15, 0.2) is 0 Å². The third kappa shape index (κ3) is 18.1. The Morgan fingerprint density at radius 2 is 0.967 bits per heavy atom. The predicted molar refractivity (Wildman–Crippen MR) is 124 cm³/mol. The molecule has 0 aliphatic heterocycles. The number of rotatable bonds is 23. The molecule has 0 saturated heterocycles. The minimum absolute atomic E-state index is 0.235. The van der Waals surface area contributed by atoms with E-state index in [9.17, 15) is 4.79 Å². The summed E-state index contributed by atoms with van der Waals surface area (Å²) in [4.78, 5) is 10.6. The lowest BCUT2D eigenvalue weighted by molar-refractivity contribution is -0.137. The lowest BCUT2D eigenvalue weighted by Gasteiger charge is -2.22. The third-order valence-corrected chi connectivity index (χ3v) is 6.17. The summed E-state index contributed by atoms with van der Waals surface area (Å²) in [6, 6.07) is 0. The molecule has 0 aromatic carbocycles. The van der Waals surface area contributed by atoms with Crippen LogP contribution in [-0.4, -0.2) is 50.7 Å². The Bertz CT molecular complexity index is 375. The zero-order chi connectivity index (χ0) is 22.5. The van der Waals surface area contributed by atoms with Gasteiger partial charge >= 0.3 is 5.97 Å². The molecule has 0 radical (unpaired) electrons. The summed E-state index contributed by atoms with van der Waals surface area (Å²) in [5.74, 6) is -0.706. The number of hydrogen-bond donors (Lipinski definition) is 1. The number of methoxy groups -OCH3 is 3. The molecule has 5 heteroatoms. The first-order valence-electron chi connectivity index (χ1n) is 12.4. The second-order valence-electron chi connectivity index (χ2n) is 8.63. The van der Waals surface area contributed by atoms with Gasteiger partial charge in [0.2, 0.25) is 0 Å². The average molecular weight is 431 g/mol. The fourth-order valence-corrected chi connectivity index (χ4v) is 4.04. The Morgan fingerprint density at radius 1 is 0.600 bits per heavy atom. The third-order valence-electron chi connectivity index (χ3n) is 6.17. The van der Waals surface area contributed by atoms with Gasteiger partial charge in [0.15, 0.2) is 0 Å². The summed E-state index contributed by atoms with van der Waals surface area (Å²) in [6.07, 6.45) is 19.4. The molecule has 0 aliphatic rings. The van der Waals surface area contributed by atoms with Crippen molar-refractivity contribution in [3.05, 3.63) is 0 Å². The van der Waals surface area contributed by atoms with Gasteiger partial charge in [-0.15, -0.1) is 0 Å². The summed E-state index contributed by atoms with van der Waals surface area (Å²) < 4.78 is 17.0. The molecule has 0 aliphatic carbocycles. The van der Waals surface area contributed by atoms with Crippen molar-refractivity contribution < 1.29 is 24.1 Å². The SMILES string of the molecule is CCCCCCCCCC(CCC(CCC(CCCCCC(=O)O)OC)OC)OC. The second-order valence-corrected chi connectivity index (χ2v) is 8.63. The number of aliphatic carboxylic acids is 1. The van der Waals surface area contributed by atoms with Crippen LogP contribution >= 0.6 is 0 Å². The molecule has 0 aromatic rings. The number of carboxylic acid groups (broad SMARTS) is 1. The maximum Gasteiger partial charge on any atom is 0.303 e. The summed E-state index contributed by atoms with van der Waals surface area (Å²) in [5, 5.41) is 8.70. The maximum absolute atomic E-state index is 10.6. The van der Waals surface area contributed by atoms with E-state index in [0.29, 0.717) is 6.10 Å². The van der Waals surface area contributed by atoms with Crippen LogP contribution in [0.3, 0.4) is 0 Å². The highest BCUT2D eigenvalue weighted by molar-refractivity contribution is 5.66. The number of hydrogen-bond acceptors (Lipinski definition) is 4. The quantitative estimate of drug-likeness (QED) is 0.181. The van der Waals surface area contributed by atoms with Crippen LogP contribution in [0.1, 0.15) is 116 Å². The molecule has 0 spiro atoms. The van der Waals surface area contributed by atoms with Crippen molar-refractivity contribution in [3.63, 3.8) is 0 Å². The van der Waals surface area contributed by atoms with E-state index in [0.717, 1.165) is 57.8 Å². The van der Waals surface area contributed by atoms with Crippen LogP contribution < -0.4 is 0 Å². The van der Waals surface area contributed by atoms with Crippen LogP contribution in [0.2, 0.25) is 0 Å². The van der Waals surface area contributed by atoms with Crippen LogP contribution in [0.4, 0.5) is 0 Å². The van der Waals surface area contributed by atoms with Crippen LogP contribution in [0.25, 0.3) is 0 Å². The molecule has 0 rings (SSSR count). The molecule has 0 saturated carbocycles. The molecule has 5 nitrogen and oxygen atoms in total. The van der Waals surface area contributed by atoms with Crippen LogP contribution in [0.5, 0.6) is 0 Å². The van der Waals surface area contributed by atoms with Crippen molar-refractivity contribution in [2.75, 3.05) is 21.3 Å². The fraction of sp³-hybridized carbons (Fsp3) is 0.960. The molecule has 180 valence electrons. The van der Waals surface area contributed by atoms with E-state index in [-0.39, 0.29) is 18.6 Å². The Labute approximate surface area is 186 Å². The fourth-order valence-electron chi connectivity index (χ4n) is 4.04. The number of ether oxygens (including phenoxy) is 3. The highest BCUT2D eigenvalue weighted by Crippen LogP contribution is 2.20. The van der Waals surface area contributed by atoms with E-state index in [1.165, 1.54) is 44.9 Å². The van der Waals surface area contributed by atoms with Gasteiger partial charge in [-0.25, -0.2) is 0 Å². The monoisotopic (exact) mass is 430 g/mol.